The number of thiophene rings is 1. The van der Waals surface area contributed by atoms with Gasteiger partial charge in [-0.05, 0) is 5.56 Å². The first-order valence-corrected chi connectivity index (χ1v) is 8.87. The number of hydrogen-bond acceptors (Lipinski definition) is 9. The number of aromatic nitrogens is 3. The molecule has 0 radical (unpaired) electrons. The second-order valence-corrected chi connectivity index (χ2v) is 6.88. The van der Waals surface area contributed by atoms with E-state index in [1.807, 2.05) is 30.3 Å². The number of aryl methyl sites for hydroxylation is 1. The topological polar surface area (TPSA) is 154 Å². The van der Waals surface area contributed by atoms with E-state index in [0.717, 1.165) is 16.9 Å². The molecule has 0 aliphatic carbocycles. The van der Waals surface area contributed by atoms with E-state index in [0.29, 0.717) is 15.8 Å². The summed E-state index contributed by atoms with van der Waals surface area (Å²) >= 11 is 1.06. The van der Waals surface area contributed by atoms with Gasteiger partial charge in [0.2, 0.25) is 0 Å². The third kappa shape index (κ3) is 2.80. The summed E-state index contributed by atoms with van der Waals surface area (Å²) < 4.78 is 6.31. The van der Waals surface area contributed by atoms with Crippen LogP contribution in [-0.2, 0) is 7.05 Å². The number of nitrogens with two attached hydrogens (primary N) is 2. The molecule has 0 aliphatic rings. The number of nitriles is 1. The summed E-state index contributed by atoms with van der Waals surface area (Å²) in [4.78, 5) is 8.80. The molecular formula is C18H13N7O2S. The highest BCUT2D eigenvalue weighted by Gasteiger charge is 2.21. The fourth-order valence-corrected chi connectivity index (χ4v) is 3.85. The molecule has 4 N–H and O–H groups in total. The molecule has 0 unspecified atom stereocenters. The first-order chi connectivity index (χ1) is 13.5. The molecule has 1 aromatic carbocycles. The van der Waals surface area contributed by atoms with Gasteiger partial charge in [0, 0.05) is 16.8 Å². The Balaban J connectivity index is 1.99. The average Bonchev–Trinajstić information content (AvgIpc) is 3.24. The summed E-state index contributed by atoms with van der Waals surface area (Å²) in [7, 11) is 1.64. The lowest BCUT2D eigenvalue weighted by atomic mass is 9.97. The molecule has 4 aromatic rings. The van der Waals surface area contributed by atoms with Gasteiger partial charge in [0.15, 0.2) is 12.3 Å². The van der Waals surface area contributed by atoms with Crippen molar-refractivity contribution in [2.75, 3.05) is 11.5 Å². The van der Waals surface area contributed by atoms with E-state index in [-0.39, 0.29) is 27.8 Å². The van der Waals surface area contributed by atoms with Crippen molar-refractivity contribution in [2.45, 2.75) is 0 Å². The zero-order chi connectivity index (χ0) is 19.8. The number of aliphatic imine (C=N–C) groups is 1. The predicted octanol–water partition coefficient (Wildman–Crippen LogP) is 1.25. The third-order valence-electron chi connectivity index (χ3n) is 4.05. The molecule has 3 heterocycles. The van der Waals surface area contributed by atoms with E-state index >= 15 is 0 Å². The highest BCUT2D eigenvalue weighted by molar-refractivity contribution is 7.21. The van der Waals surface area contributed by atoms with Gasteiger partial charge in [-0.1, -0.05) is 35.0 Å². The summed E-state index contributed by atoms with van der Waals surface area (Å²) in [6.07, 6.45) is 1.46. The van der Waals surface area contributed by atoms with Crippen LogP contribution in [0.15, 0.2) is 46.0 Å². The highest BCUT2D eigenvalue weighted by Crippen LogP contribution is 2.42. The number of benzene rings is 1. The first kappa shape index (κ1) is 17.4. The average molecular weight is 391 g/mol. The molecule has 0 atom stereocenters. The Labute approximate surface area is 162 Å². The lowest BCUT2D eigenvalue weighted by molar-refractivity contribution is -0.739. The number of nitrogen functional groups attached to an aromatic ring is 2. The van der Waals surface area contributed by atoms with Crippen LogP contribution >= 0.6 is 11.3 Å². The van der Waals surface area contributed by atoms with Crippen LogP contribution in [0, 0.1) is 11.3 Å². The summed E-state index contributed by atoms with van der Waals surface area (Å²) in [5.41, 5.74) is 14.0. The van der Waals surface area contributed by atoms with Gasteiger partial charge < -0.3 is 16.6 Å². The molecule has 0 saturated heterocycles. The maximum absolute atomic E-state index is 12.6. The van der Waals surface area contributed by atoms with Crippen molar-refractivity contribution in [1.29, 1.82) is 5.26 Å². The molecule has 0 fully saturated rings. The van der Waals surface area contributed by atoms with E-state index in [1.165, 1.54) is 10.9 Å². The van der Waals surface area contributed by atoms with Gasteiger partial charge in [0.25, 0.3) is 6.20 Å². The Morgan fingerprint density at radius 3 is 2.71 bits per heavy atom. The van der Waals surface area contributed by atoms with Gasteiger partial charge in [0.1, 0.15) is 22.3 Å². The molecule has 0 bridgehead atoms. The maximum atomic E-state index is 12.6. The highest BCUT2D eigenvalue weighted by atomic mass is 32.1. The molecular weight excluding hydrogens is 378 g/mol. The van der Waals surface area contributed by atoms with Crippen LogP contribution in [0.25, 0.3) is 21.3 Å². The molecule has 0 amide bonds. The molecule has 0 saturated carbocycles. The summed E-state index contributed by atoms with van der Waals surface area (Å²) in [5.74, 6) is -0.459. The predicted molar refractivity (Wildman–Crippen MR) is 102 cm³/mol. The van der Waals surface area contributed by atoms with Gasteiger partial charge in [-0.2, -0.15) is 5.26 Å². The Morgan fingerprint density at radius 1 is 1.32 bits per heavy atom. The fraction of sp³-hybridized carbons (Fsp3) is 0.0556. The van der Waals surface area contributed by atoms with Crippen molar-refractivity contribution < 1.29 is 14.3 Å². The zero-order valence-electron chi connectivity index (χ0n) is 14.6. The second-order valence-electron chi connectivity index (χ2n) is 5.88. The first-order valence-electron chi connectivity index (χ1n) is 8.05. The Morgan fingerprint density at radius 2 is 2.07 bits per heavy atom. The standard InChI is InChI=1S/C18H13N7O2S/c1-25-8-11(27-24-25)22-17(26)15-14(20)13-12(9-5-3-2-4-6-9)10(7-19)16(21)23-18(13)28-15/h2-6,8H,1H3,(H4-,20,21,22,23,24,26). The minimum Gasteiger partial charge on any atom is -0.857 e. The molecule has 0 spiro atoms. The van der Waals surface area contributed by atoms with Crippen LogP contribution in [-0.4, -0.2) is 16.2 Å². The van der Waals surface area contributed by atoms with Gasteiger partial charge >= 0.3 is 5.88 Å². The number of hydrogen-bond donors (Lipinski definition) is 2. The molecule has 4 rings (SSSR count). The molecule has 10 heteroatoms. The largest absolute Gasteiger partial charge is 0.857 e. The van der Waals surface area contributed by atoms with Gasteiger partial charge in [-0.3, -0.25) is 4.52 Å². The molecule has 9 nitrogen and oxygen atoms in total. The molecule has 3 aromatic heterocycles. The number of rotatable bonds is 3. The monoisotopic (exact) mass is 391 g/mol. The quantitative estimate of drug-likeness (QED) is 0.302. The summed E-state index contributed by atoms with van der Waals surface area (Å²) in [6.45, 7) is 0. The van der Waals surface area contributed by atoms with Crippen molar-refractivity contribution in [3.05, 3.63) is 47.0 Å². The van der Waals surface area contributed by atoms with Crippen molar-refractivity contribution in [2.24, 2.45) is 12.0 Å². The van der Waals surface area contributed by atoms with Crippen LogP contribution in [0.4, 0.5) is 17.4 Å². The number of anilines is 2. The Kier molecular flexibility index (Phi) is 4.14. The van der Waals surface area contributed by atoms with E-state index in [1.54, 1.807) is 7.05 Å². The van der Waals surface area contributed by atoms with E-state index in [4.69, 9.17) is 16.0 Å². The smallest absolute Gasteiger partial charge is 0.320 e. The van der Waals surface area contributed by atoms with Crippen LogP contribution < -0.4 is 21.3 Å². The van der Waals surface area contributed by atoms with E-state index < -0.39 is 5.90 Å². The normalized spacial score (nSPS) is 11.6. The minimum atomic E-state index is -0.589. The number of pyridine rings is 1. The maximum Gasteiger partial charge on any atom is 0.320 e. The van der Waals surface area contributed by atoms with Crippen LogP contribution in [0.3, 0.4) is 0 Å². The number of fused-ring (bicyclic) bond motifs is 1. The fourth-order valence-electron chi connectivity index (χ4n) is 2.85. The Hall–Kier alpha value is -3.97. The third-order valence-corrected chi connectivity index (χ3v) is 5.13. The molecule has 28 heavy (non-hydrogen) atoms. The summed E-state index contributed by atoms with van der Waals surface area (Å²) in [6, 6.07) is 11.3. The van der Waals surface area contributed by atoms with Gasteiger partial charge in [-0.25, -0.2) is 9.98 Å². The molecule has 0 aliphatic heterocycles. The summed E-state index contributed by atoms with van der Waals surface area (Å²) in [5, 5.41) is 26.4. The lowest BCUT2D eigenvalue weighted by Gasteiger charge is -2.10. The van der Waals surface area contributed by atoms with Crippen molar-refractivity contribution >= 4 is 44.8 Å². The van der Waals surface area contributed by atoms with Crippen molar-refractivity contribution in [3.63, 3.8) is 0 Å². The van der Waals surface area contributed by atoms with E-state index in [2.05, 4.69) is 21.3 Å². The lowest BCUT2D eigenvalue weighted by Crippen LogP contribution is -2.27. The van der Waals surface area contributed by atoms with Gasteiger partial charge in [-0.15, -0.1) is 11.3 Å². The number of nitrogens with zero attached hydrogens (tertiary/aromatic N) is 5. The SMILES string of the molecule is C[n+]1cc(/N=C(\[O-])c2sc3nc(N)c(C#N)c(-c4ccccc4)c3c2N)on1. The van der Waals surface area contributed by atoms with Crippen molar-refractivity contribution in [3.8, 4) is 17.2 Å². The Bertz CT molecular complexity index is 1270. The molecule has 138 valence electrons. The van der Waals surface area contributed by atoms with Crippen molar-refractivity contribution in [1.82, 2.24) is 10.3 Å². The zero-order valence-corrected chi connectivity index (χ0v) is 15.4. The van der Waals surface area contributed by atoms with Crippen LogP contribution in [0.5, 0.6) is 0 Å². The minimum absolute atomic E-state index is 0.0535. The van der Waals surface area contributed by atoms with E-state index in [9.17, 15) is 10.4 Å². The second kappa shape index (κ2) is 6.64. The van der Waals surface area contributed by atoms with Crippen LogP contribution in [0.1, 0.15) is 10.4 Å². The van der Waals surface area contributed by atoms with Crippen LogP contribution in [0.2, 0.25) is 0 Å². The van der Waals surface area contributed by atoms with Gasteiger partial charge in [0.05, 0.1) is 10.6 Å².